The Morgan fingerprint density at radius 1 is 1.29 bits per heavy atom. The molecule has 1 fully saturated rings. The lowest BCUT2D eigenvalue weighted by molar-refractivity contribution is 0.329. The molecule has 3 rings (SSSR count). The smallest absolute Gasteiger partial charge is 0.231 e. The van der Waals surface area contributed by atoms with Gasteiger partial charge in [0, 0.05) is 12.5 Å². The summed E-state index contributed by atoms with van der Waals surface area (Å²) in [6.07, 6.45) is 4.32. The highest BCUT2D eigenvalue weighted by Gasteiger charge is 2.32. The molecule has 0 aliphatic heterocycles. The maximum Gasteiger partial charge on any atom is 0.231 e. The van der Waals surface area contributed by atoms with Gasteiger partial charge in [0.25, 0.3) is 0 Å². The molecule has 2 unspecified atom stereocenters. The summed E-state index contributed by atoms with van der Waals surface area (Å²) in [5.74, 6) is 1.98. The van der Waals surface area contributed by atoms with E-state index in [1.54, 1.807) is 0 Å². The number of hydrogen-bond donors (Lipinski definition) is 1. The second kappa shape index (κ2) is 6.39. The summed E-state index contributed by atoms with van der Waals surface area (Å²) in [4.78, 5) is 4.64. The predicted octanol–water partition coefficient (Wildman–Crippen LogP) is 3.21. The van der Waals surface area contributed by atoms with Crippen LogP contribution in [0, 0.1) is 6.92 Å². The van der Waals surface area contributed by atoms with E-state index in [0.29, 0.717) is 12.0 Å². The first-order valence-corrected chi connectivity index (χ1v) is 7.88. The number of likely N-dealkylation sites (N-methyl/N-ethyl adjacent to an activating group) is 1. The second-order valence-corrected chi connectivity index (χ2v) is 5.85. The van der Waals surface area contributed by atoms with Crippen molar-refractivity contribution in [3.63, 3.8) is 0 Å². The molecule has 1 N–H and O–H groups in total. The van der Waals surface area contributed by atoms with Crippen molar-refractivity contribution in [2.45, 2.75) is 51.5 Å². The van der Waals surface area contributed by atoms with Gasteiger partial charge in [0.05, 0.1) is 5.92 Å². The standard InChI is InChI=1S/C17H23N3O/c1-3-18-15-10-6-9-14(15)17-19-16(20-21-17)11-13-8-5-4-7-12(13)2/h4-5,7-8,14-15,18H,3,6,9-11H2,1-2H3. The summed E-state index contributed by atoms with van der Waals surface area (Å²) in [7, 11) is 0. The van der Waals surface area contributed by atoms with E-state index in [9.17, 15) is 0 Å². The average molecular weight is 285 g/mol. The highest BCUT2D eigenvalue weighted by Crippen LogP contribution is 2.33. The first-order chi connectivity index (χ1) is 10.3. The van der Waals surface area contributed by atoms with Gasteiger partial charge in [-0.15, -0.1) is 0 Å². The lowest BCUT2D eigenvalue weighted by Gasteiger charge is -2.16. The fourth-order valence-corrected chi connectivity index (χ4v) is 3.23. The Kier molecular flexibility index (Phi) is 4.34. The van der Waals surface area contributed by atoms with Crippen LogP contribution in [0.1, 0.15) is 54.9 Å². The first kappa shape index (κ1) is 14.3. The van der Waals surface area contributed by atoms with Gasteiger partial charge in [0.2, 0.25) is 5.89 Å². The van der Waals surface area contributed by atoms with E-state index in [1.807, 2.05) is 0 Å². The third kappa shape index (κ3) is 3.16. The van der Waals surface area contributed by atoms with Crippen LogP contribution in [0.3, 0.4) is 0 Å². The van der Waals surface area contributed by atoms with E-state index in [0.717, 1.165) is 31.1 Å². The largest absolute Gasteiger partial charge is 0.339 e. The van der Waals surface area contributed by atoms with Crippen LogP contribution < -0.4 is 5.32 Å². The molecular weight excluding hydrogens is 262 g/mol. The minimum atomic E-state index is 0.378. The molecule has 1 aromatic heterocycles. The minimum absolute atomic E-state index is 0.378. The zero-order valence-corrected chi connectivity index (χ0v) is 12.8. The molecule has 0 amide bonds. The van der Waals surface area contributed by atoms with E-state index in [4.69, 9.17) is 4.52 Å². The number of nitrogens with zero attached hydrogens (tertiary/aromatic N) is 2. The van der Waals surface area contributed by atoms with Gasteiger partial charge in [-0.05, 0) is 37.4 Å². The number of benzene rings is 1. The molecule has 4 nitrogen and oxygen atoms in total. The number of nitrogens with one attached hydrogen (secondary N) is 1. The van der Waals surface area contributed by atoms with Gasteiger partial charge in [-0.3, -0.25) is 0 Å². The first-order valence-electron chi connectivity index (χ1n) is 7.88. The van der Waals surface area contributed by atoms with Gasteiger partial charge in [-0.25, -0.2) is 0 Å². The highest BCUT2D eigenvalue weighted by molar-refractivity contribution is 5.28. The van der Waals surface area contributed by atoms with Crippen molar-refractivity contribution in [1.82, 2.24) is 15.5 Å². The Morgan fingerprint density at radius 2 is 2.14 bits per heavy atom. The fraction of sp³-hybridized carbons (Fsp3) is 0.529. The van der Waals surface area contributed by atoms with Gasteiger partial charge < -0.3 is 9.84 Å². The van der Waals surface area contributed by atoms with Crippen LogP contribution in [0.4, 0.5) is 0 Å². The topological polar surface area (TPSA) is 51.0 Å². The van der Waals surface area contributed by atoms with Crippen molar-refractivity contribution in [2.24, 2.45) is 0 Å². The molecule has 0 radical (unpaired) electrons. The Balaban J connectivity index is 1.73. The fourth-order valence-electron chi connectivity index (χ4n) is 3.23. The molecule has 1 heterocycles. The van der Waals surface area contributed by atoms with Crippen LogP contribution in [0.25, 0.3) is 0 Å². The van der Waals surface area contributed by atoms with Crippen molar-refractivity contribution < 1.29 is 4.52 Å². The third-order valence-electron chi connectivity index (χ3n) is 4.39. The number of aryl methyl sites for hydroxylation is 1. The van der Waals surface area contributed by atoms with Gasteiger partial charge in [0.1, 0.15) is 0 Å². The Morgan fingerprint density at radius 3 is 2.95 bits per heavy atom. The zero-order chi connectivity index (χ0) is 14.7. The summed E-state index contributed by atoms with van der Waals surface area (Å²) in [5, 5.41) is 7.71. The molecule has 1 aromatic carbocycles. The van der Waals surface area contributed by atoms with Crippen molar-refractivity contribution in [3.05, 3.63) is 47.1 Å². The van der Waals surface area contributed by atoms with Crippen molar-refractivity contribution >= 4 is 0 Å². The molecule has 1 aliphatic carbocycles. The van der Waals surface area contributed by atoms with Crippen molar-refractivity contribution in [1.29, 1.82) is 0 Å². The maximum atomic E-state index is 5.54. The Hall–Kier alpha value is -1.68. The summed E-state index contributed by atoms with van der Waals surface area (Å²) in [5.41, 5.74) is 2.54. The monoisotopic (exact) mass is 285 g/mol. The van der Waals surface area contributed by atoms with Gasteiger partial charge in [-0.1, -0.05) is 42.8 Å². The molecule has 112 valence electrons. The third-order valence-corrected chi connectivity index (χ3v) is 4.39. The molecule has 1 saturated carbocycles. The van der Waals surface area contributed by atoms with Crippen LogP contribution in [0.15, 0.2) is 28.8 Å². The lowest BCUT2D eigenvalue weighted by Crippen LogP contribution is -2.31. The summed E-state index contributed by atoms with van der Waals surface area (Å²) < 4.78 is 5.54. The van der Waals surface area contributed by atoms with Crippen molar-refractivity contribution in [2.75, 3.05) is 6.54 Å². The van der Waals surface area contributed by atoms with E-state index in [-0.39, 0.29) is 0 Å². The normalized spacial score (nSPS) is 21.8. The van der Waals surface area contributed by atoms with Crippen LogP contribution >= 0.6 is 0 Å². The molecule has 4 heteroatoms. The van der Waals surface area contributed by atoms with Crippen LogP contribution in [-0.4, -0.2) is 22.7 Å². The summed E-state index contributed by atoms with van der Waals surface area (Å²) >= 11 is 0. The molecule has 2 atom stereocenters. The average Bonchev–Trinajstić information content (AvgIpc) is 3.11. The molecule has 21 heavy (non-hydrogen) atoms. The predicted molar refractivity (Wildman–Crippen MR) is 82.3 cm³/mol. The molecule has 0 bridgehead atoms. The lowest BCUT2D eigenvalue weighted by atomic mass is 10.0. The van der Waals surface area contributed by atoms with Crippen molar-refractivity contribution in [3.8, 4) is 0 Å². The molecule has 0 spiro atoms. The quantitative estimate of drug-likeness (QED) is 0.916. The summed E-state index contributed by atoms with van der Waals surface area (Å²) in [6, 6.07) is 8.85. The number of rotatable bonds is 5. The van der Waals surface area contributed by atoms with E-state index >= 15 is 0 Å². The van der Waals surface area contributed by atoms with E-state index in [2.05, 4.69) is 53.6 Å². The van der Waals surface area contributed by atoms with E-state index in [1.165, 1.54) is 24.0 Å². The number of hydrogen-bond acceptors (Lipinski definition) is 4. The Labute approximate surface area is 126 Å². The SMILES string of the molecule is CCNC1CCCC1c1nc(Cc2ccccc2C)no1. The molecular formula is C17H23N3O. The summed E-state index contributed by atoms with van der Waals surface area (Å²) in [6.45, 7) is 5.26. The van der Waals surface area contributed by atoms with Crippen LogP contribution in [0.2, 0.25) is 0 Å². The Bertz CT molecular complexity index is 593. The number of aromatic nitrogens is 2. The van der Waals surface area contributed by atoms with Crippen LogP contribution in [0.5, 0.6) is 0 Å². The molecule has 1 aliphatic rings. The minimum Gasteiger partial charge on any atom is -0.339 e. The van der Waals surface area contributed by atoms with E-state index < -0.39 is 0 Å². The van der Waals surface area contributed by atoms with Gasteiger partial charge in [-0.2, -0.15) is 4.98 Å². The van der Waals surface area contributed by atoms with Crippen LogP contribution in [-0.2, 0) is 6.42 Å². The molecule has 2 aromatic rings. The van der Waals surface area contributed by atoms with Gasteiger partial charge in [0.15, 0.2) is 5.82 Å². The van der Waals surface area contributed by atoms with Gasteiger partial charge >= 0.3 is 0 Å². The highest BCUT2D eigenvalue weighted by atomic mass is 16.5. The maximum absolute atomic E-state index is 5.54. The second-order valence-electron chi connectivity index (χ2n) is 5.85. The zero-order valence-electron chi connectivity index (χ0n) is 12.8. The molecule has 0 saturated heterocycles.